The van der Waals surface area contributed by atoms with Gasteiger partial charge in [-0.3, -0.25) is 4.79 Å². The van der Waals surface area contributed by atoms with Crippen molar-refractivity contribution >= 4 is 29.0 Å². The first-order chi connectivity index (χ1) is 18.0. The molecule has 7 nitrogen and oxygen atoms in total. The Morgan fingerprint density at radius 2 is 1.81 bits per heavy atom. The number of likely N-dealkylation sites (tertiary alicyclic amines) is 1. The minimum absolute atomic E-state index is 0.0593. The Morgan fingerprint density at radius 1 is 1.03 bits per heavy atom. The Kier molecular flexibility index (Phi) is 9.51. The van der Waals surface area contributed by atoms with Crippen molar-refractivity contribution in [2.24, 2.45) is 0 Å². The average Bonchev–Trinajstić information content (AvgIpc) is 3.62. The summed E-state index contributed by atoms with van der Waals surface area (Å²) in [7, 11) is 1.57. The van der Waals surface area contributed by atoms with Crippen LogP contribution in [0.25, 0.3) is 0 Å². The van der Waals surface area contributed by atoms with E-state index in [0.717, 1.165) is 36.4 Å². The van der Waals surface area contributed by atoms with Crippen molar-refractivity contribution < 1.29 is 18.7 Å². The van der Waals surface area contributed by atoms with Crippen LogP contribution in [0.5, 0.6) is 5.75 Å². The van der Waals surface area contributed by atoms with Gasteiger partial charge in [-0.05, 0) is 67.2 Å². The summed E-state index contributed by atoms with van der Waals surface area (Å²) in [6, 6.07) is 16.9. The second-order valence-electron chi connectivity index (χ2n) is 9.09. The highest BCUT2D eigenvalue weighted by Gasteiger charge is 2.24. The predicted octanol–water partition coefficient (Wildman–Crippen LogP) is 5.05. The number of hydrogen-bond acceptors (Lipinski definition) is 5. The fraction of sp³-hybridized carbons (Fsp3) is 0.357. The van der Waals surface area contributed by atoms with E-state index >= 15 is 0 Å². The average molecular weight is 525 g/mol. The molecule has 0 atom stereocenters. The standard InChI is InChI=1S/C28H33FN4O3S/c1-36-25-7-4-6-24(18-25)30-28(35)32(16-15-31-13-2-3-14-31)21-27(34)33(20-26-8-5-17-37-26)19-22-9-11-23(29)12-10-22/h4-12,17-18H,2-3,13-16,19-21H2,1H3,(H,30,35). The molecular formula is C28H33FN4O3S. The highest BCUT2D eigenvalue weighted by atomic mass is 32.1. The van der Waals surface area contributed by atoms with Crippen LogP contribution in [0.2, 0.25) is 0 Å². The van der Waals surface area contributed by atoms with Crippen molar-refractivity contribution in [2.45, 2.75) is 25.9 Å². The van der Waals surface area contributed by atoms with Gasteiger partial charge in [-0.25, -0.2) is 9.18 Å². The van der Waals surface area contributed by atoms with E-state index in [9.17, 15) is 14.0 Å². The maximum absolute atomic E-state index is 13.6. The molecule has 1 aliphatic rings. The topological polar surface area (TPSA) is 65.1 Å². The zero-order valence-corrected chi connectivity index (χ0v) is 21.9. The lowest BCUT2D eigenvalue weighted by Crippen LogP contribution is -2.46. The largest absolute Gasteiger partial charge is 0.497 e. The number of nitrogens with zero attached hydrogens (tertiary/aromatic N) is 3. The molecule has 0 radical (unpaired) electrons. The van der Waals surface area contributed by atoms with Gasteiger partial charge in [0, 0.05) is 36.3 Å². The van der Waals surface area contributed by atoms with E-state index in [1.54, 1.807) is 58.6 Å². The molecule has 3 amide bonds. The van der Waals surface area contributed by atoms with Gasteiger partial charge in [0.15, 0.2) is 0 Å². The summed E-state index contributed by atoms with van der Waals surface area (Å²) in [5.41, 5.74) is 1.43. The molecule has 0 bridgehead atoms. The molecule has 0 saturated carbocycles. The maximum atomic E-state index is 13.6. The van der Waals surface area contributed by atoms with Gasteiger partial charge in [0.05, 0.1) is 13.7 Å². The minimum Gasteiger partial charge on any atom is -0.497 e. The Balaban J connectivity index is 1.49. The quantitative estimate of drug-likeness (QED) is 0.381. The zero-order chi connectivity index (χ0) is 26.0. The Morgan fingerprint density at radius 3 is 2.51 bits per heavy atom. The molecular weight excluding hydrogens is 491 g/mol. The van der Waals surface area contributed by atoms with Crippen LogP contribution in [-0.2, 0) is 17.9 Å². The van der Waals surface area contributed by atoms with E-state index in [-0.39, 0.29) is 24.3 Å². The molecule has 2 aromatic carbocycles. The molecule has 4 rings (SSSR count). The van der Waals surface area contributed by atoms with Crippen molar-refractivity contribution in [1.82, 2.24) is 14.7 Å². The van der Waals surface area contributed by atoms with E-state index < -0.39 is 0 Å². The molecule has 0 unspecified atom stereocenters. The number of nitrogens with one attached hydrogen (secondary N) is 1. The number of carbonyl (C=O) groups is 2. The summed E-state index contributed by atoms with van der Waals surface area (Å²) in [5.74, 6) is 0.154. The first-order valence-corrected chi connectivity index (χ1v) is 13.3. The highest BCUT2D eigenvalue weighted by molar-refractivity contribution is 7.09. The van der Waals surface area contributed by atoms with E-state index in [4.69, 9.17) is 4.74 Å². The van der Waals surface area contributed by atoms with Crippen LogP contribution >= 0.6 is 11.3 Å². The summed E-state index contributed by atoms with van der Waals surface area (Å²) in [6.07, 6.45) is 2.31. The van der Waals surface area contributed by atoms with Crippen LogP contribution in [0.15, 0.2) is 66.0 Å². The first-order valence-electron chi connectivity index (χ1n) is 12.5. The number of halogens is 1. The van der Waals surface area contributed by atoms with Crippen molar-refractivity contribution in [1.29, 1.82) is 0 Å². The molecule has 9 heteroatoms. The lowest BCUT2D eigenvalue weighted by Gasteiger charge is -2.29. The Bertz CT molecular complexity index is 1150. The second-order valence-corrected chi connectivity index (χ2v) is 10.1. The molecule has 1 N–H and O–H groups in total. The van der Waals surface area contributed by atoms with Gasteiger partial charge in [0.2, 0.25) is 5.91 Å². The molecule has 37 heavy (non-hydrogen) atoms. The lowest BCUT2D eigenvalue weighted by atomic mass is 10.2. The third-order valence-corrected chi connectivity index (χ3v) is 7.25. The molecule has 0 spiro atoms. The summed E-state index contributed by atoms with van der Waals surface area (Å²) < 4.78 is 18.7. The number of benzene rings is 2. The number of ether oxygens (including phenoxy) is 1. The number of amides is 3. The molecule has 1 fully saturated rings. The third kappa shape index (κ3) is 8.03. The number of methoxy groups -OCH3 is 1. The Hall–Kier alpha value is -3.43. The van der Waals surface area contributed by atoms with Crippen LogP contribution in [0.1, 0.15) is 23.3 Å². The number of carbonyl (C=O) groups excluding carboxylic acids is 2. The van der Waals surface area contributed by atoms with E-state index in [2.05, 4.69) is 10.2 Å². The summed E-state index contributed by atoms with van der Waals surface area (Å²) in [4.78, 5) is 33.6. The van der Waals surface area contributed by atoms with Crippen LogP contribution in [-0.4, -0.2) is 66.5 Å². The minimum atomic E-state index is -0.335. The summed E-state index contributed by atoms with van der Waals surface area (Å²) in [6.45, 7) is 3.85. The van der Waals surface area contributed by atoms with Crippen LogP contribution in [0.4, 0.5) is 14.9 Å². The maximum Gasteiger partial charge on any atom is 0.322 e. The molecule has 3 aromatic rings. The van der Waals surface area contributed by atoms with Crippen molar-refractivity contribution in [2.75, 3.05) is 45.2 Å². The highest BCUT2D eigenvalue weighted by Crippen LogP contribution is 2.19. The van der Waals surface area contributed by atoms with Gasteiger partial charge in [-0.15, -0.1) is 11.3 Å². The van der Waals surface area contributed by atoms with Gasteiger partial charge in [-0.1, -0.05) is 24.3 Å². The lowest BCUT2D eigenvalue weighted by molar-refractivity contribution is -0.133. The van der Waals surface area contributed by atoms with Gasteiger partial charge in [-0.2, -0.15) is 0 Å². The van der Waals surface area contributed by atoms with Crippen molar-refractivity contribution in [3.05, 3.63) is 82.3 Å². The van der Waals surface area contributed by atoms with Gasteiger partial charge in [0.1, 0.15) is 18.1 Å². The fourth-order valence-electron chi connectivity index (χ4n) is 4.32. The normalized spacial score (nSPS) is 13.4. The number of thiophene rings is 1. The molecule has 196 valence electrons. The number of urea groups is 1. The summed E-state index contributed by atoms with van der Waals surface area (Å²) >= 11 is 1.57. The van der Waals surface area contributed by atoms with Crippen LogP contribution < -0.4 is 10.1 Å². The van der Waals surface area contributed by atoms with Crippen LogP contribution in [0.3, 0.4) is 0 Å². The van der Waals surface area contributed by atoms with Crippen molar-refractivity contribution in [3.8, 4) is 5.75 Å². The van der Waals surface area contributed by atoms with Crippen molar-refractivity contribution in [3.63, 3.8) is 0 Å². The molecule has 1 aromatic heterocycles. The SMILES string of the molecule is COc1cccc(NC(=O)N(CCN2CCCC2)CC(=O)N(Cc2ccc(F)cc2)Cc2cccs2)c1. The molecule has 1 saturated heterocycles. The van der Waals surface area contributed by atoms with E-state index in [1.807, 2.05) is 23.6 Å². The monoisotopic (exact) mass is 524 g/mol. The van der Waals surface area contributed by atoms with E-state index in [1.165, 1.54) is 12.1 Å². The molecule has 1 aliphatic heterocycles. The number of anilines is 1. The smallest absolute Gasteiger partial charge is 0.322 e. The number of rotatable bonds is 11. The number of hydrogen-bond donors (Lipinski definition) is 1. The van der Waals surface area contributed by atoms with E-state index in [0.29, 0.717) is 37.6 Å². The third-order valence-electron chi connectivity index (χ3n) is 6.39. The molecule has 0 aliphatic carbocycles. The predicted molar refractivity (Wildman–Crippen MR) is 144 cm³/mol. The molecule has 2 heterocycles. The summed E-state index contributed by atoms with van der Waals surface area (Å²) in [5, 5.41) is 4.89. The van der Waals surface area contributed by atoms with Crippen LogP contribution in [0, 0.1) is 5.82 Å². The zero-order valence-electron chi connectivity index (χ0n) is 21.1. The fourth-order valence-corrected chi connectivity index (χ4v) is 5.04. The second kappa shape index (κ2) is 13.2. The Labute approximate surface area is 221 Å². The van der Waals surface area contributed by atoms with Gasteiger partial charge >= 0.3 is 6.03 Å². The first kappa shape index (κ1) is 26.6. The van der Waals surface area contributed by atoms with Gasteiger partial charge in [0.25, 0.3) is 0 Å². The van der Waals surface area contributed by atoms with Gasteiger partial charge < -0.3 is 24.8 Å².